The smallest absolute Gasteiger partial charge is 0.338 e. The number of aromatic nitrogens is 5. The van der Waals surface area contributed by atoms with Crippen LogP contribution in [0.2, 0.25) is 5.02 Å². The number of esters is 1. The second-order valence-corrected chi connectivity index (χ2v) is 12.3. The number of hydrogen-bond acceptors (Lipinski definition) is 8. The van der Waals surface area contributed by atoms with Crippen LogP contribution in [0.15, 0.2) is 55.0 Å². The number of ether oxygens (including phenoxy) is 3. The van der Waals surface area contributed by atoms with Gasteiger partial charge in [-0.15, -0.1) is 0 Å². The molecule has 3 aromatic heterocycles. The molecule has 0 N–H and O–H groups in total. The summed E-state index contributed by atoms with van der Waals surface area (Å²) in [4.78, 5) is 28.7. The summed E-state index contributed by atoms with van der Waals surface area (Å²) in [5.74, 6) is 0.695. The number of carbonyl (C=O) groups is 1. The molecule has 0 unspecified atom stereocenters. The van der Waals surface area contributed by atoms with Crippen molar-refractivity contribution in [3.63, 3.8) is 0 Å². The third-order valence-electron chi connectivity index (χ3n) is 9.19. The maximum absolute atomic E-state index is 15.0. The van der Waals surface area contributed by atoms with Crippen molar-refractivity contribution < 1.29 is 27.8 Å². The van der Waals surface area contributed by atoms with Crippen molar-refractivity contribution in [3.8, 4) is 11.6 Å². The first-order valence-corrected chi connectivity index (χ1v) is 15.8. The van der Waals surface area contributed by atoms with Crippen LogP contribution in [0, 0.1) is 23.5 Å². The van der Waals surface area contributed by atoms with Gasteiger partial charge in [-0.05, 0) is 49.1 Å². The van der Waals surface area contributed by atoms with Crippen LogP contribution in [0.3, 0.4) is 0 Å². The number of pyridine rings is 1. The average Bonchev–Trinajstić information content (AvgIpc) is 3.42. The maximum atomic E-state index is 15.0. The van der Waals surface area contributed by atoms with Gasteiger partial charge in [0, 0.05) is 48.4 Å². The first-order valence-electron chi connectivity index (χ1n) is 15.4. The zero-order valence-electron chi connectivity index (χ0n) is 26.1. The summed E-state index contributed by atoms with van der Waals surface area (Å²) in [6.45, 7) is 5.33. The van der Waals surface area contributed by atoms with Gasteiger partial charge in [-0.3, -0.25) is 4.90 Å². The van der Waals surface area contributed by atoms with Crippen LogP contribution >= 0.6 is 11.6 Å². The van der Waals surface area contributed by atoms with E-state index in [1.54, 1.807) is 37.7 Å². The fourth-order valence-corrected chi connectivity index (χ4v) is 6.91. The zero-order valence-corrected chi connectivity index (χ0v) is 26.9. The van der Waals surface area contributed by atoms with E-state index in [0.717, 1.165) is 36.7 Å². The van der Waals surface area contributed by atoms with E-state index in [2.05, 4.69) is 30.9 Å². The van der Waals surface area contributed by atoms with Crippen molar-refractivity contribution in [2.45, 2.75) is 39.1 Å². The molecule has 244 valence electrons. The third-order valence-corrected chi connectivity index (χ3v) is 9.42. The van der Waals surface area contributed by atoms with Gasteiger partial charge in [-0.1, -0.05) is 17.7 Å². The maximum Gasteiger partial charge on any atom is 0.338 e. The van der Waals surface area contributed by atoms with E-state index in [4.69, 9.17) is 30.8 Å². The van der Waals surface area contributed by atoms with Gasteiger partial charge in [0.05, 0.1) is 56.1 Å². The molecule has 7 rings (SSSR count). The largest absolute Gasteiger partial charge is 0.494 e. The molecule has 0 radical (unpaired) electrons. The zero-order chi connectivity index (χ0) is 32.8. The minimum Gasteiger partial charge on any atom is -0.494 e. The Morgan fingerprint density at radius 3 is 2.55 bits per heavy atom. The first kappa shape index (κ1) is 31.1. The third kappa shape index (κ3) is 5.91. The standard InChI is InChI=1S/C34H33ClF2N6O4/c1-4-42-18-38-12-22(42)13-43-27-9-20(34(44)46-3)10-28(45-2)33(27)39-29(43)16-41-14-23-24(15-41)31(23)32-25(36)7-8-30(40-32)47-17-19-5-6-21(35)11-26(19)37/h5-12,18,23-24,31H,4,13-17H2,1-3H3/t23-,24+,31-. The number of carbonyl (C=O) groups excluding carboxylic acids is 1. The van der Waals surface area contributed by atoms with Crippen molar-refractivity contribution in [1.29, 1.82) is 0 Å². The highest BCUT2D eigenvalue weighted by Crippen LogP contribution is 2.58. The lowest BCUT2D eigenvalue weighted by Gasteiger charge is -2.20. The predicted octanol–water partition coefficient (Wildman–Crippen LogP) is 5.85. The van der Waals surface area contributed by atoms with Crippen molar-refractivity contribution >= 4 is 28.6 Å². The Labute approximate surface area is 274 Å². The van der Waals surface area contributed by atoms with E-state index in [1.807, 2.05) is 6.20 Å². The van der Waals surface area contributed by atoms with Gasteiger partial charge < -0.3 is 23.3 Å². The molecule has 0 bridgehead atoms. The van der Waals surface area contributed by atoms with Gasteiger partial charge >= 0.3 is 5.97 Å². The summed E-state index contributed by atoms with van der Waals surface area (Å²) in [7, 11) is 2.90. The van der Waals surface area contributed by atoms with E-state index in [0.29, 0.717) is 46.2 Å². The number of benzene rings is 2. The molecule has 1 aliphatic carbocycles. The quantitative estimate of drug-likeness (QED) is 0.163. The minimum atomic E-state index is -0.469. The van der Waals surface area contributed by atoms with Crippen molar-refractivity contribution in [2.75, 3.05) is 27.3 Å². The van der Waals surface area contributed by atoms with Gasteiger partial charge in [-0.25, -0.2) is 28.5 Å². The number of imidazole rings is 2. The topological polar surface area (TPSA) is 96.5 Å². The lowest BCUT2D eigenvalue weighted by atomic mass is 10.1. The number of piperidine rings is 1. The number of halogens is 3. The lowest BCUT2D eigenvalue weighted by molar-refractivity contribution is 0.0600. The van der Waals surface area contributed by atoms with Crippen LogP contribution in [0.25, 0.3) is 11.0 Å². The van der Waals surface area contributed by atoms with Crippen molar-refractivity contribution in [1.82, 2.24) is 29.0 Å². The minimum absolute atomic E-state index is 0.0255. The van der Waals surface area contributed by atoms with Crippen LogP contribution in [-0.2, 0) is 31.0 Å². The van der Waals surface area contributed by atoms with E-state index in [-0.39, 0.29) is 36.1 Å². The van der Waals surface area contributed by atoms with E-state index < -0.39 is 11.8 Å². The lowest BCUT2D eigenvalue weighted by Crippen LogP contribution is -2.26. The van der Waals surface area contributed by atoms with Gasteiger partial charge in [0.25, 0.3) is 0 Å². The molecule has 47 heavy (non-hydrogen) atoms. The Morgan fingerprint density at radius 2 is 1.83 bits per heavy atom. The first-order chi connectivity index (χ1) is 22.8. The molecular formula is C34H33ClF2N6O4. The highest BCUT2D eigenvalue weighted by atomic mass is 35.5. The molecule has 13 heteroatoms. The van der Waals surface area contributed by atoms with E-state index >= 15 is 4.39 Å². The van der Waals surface area contributed by atoms with Gasteiger partial charge in [0.1, 0.15) is 35.3 Å². The Morgan fingerprint density at radius 1 is 1.02 bits per heavy atom. The Hall–Kier alpha value is -4.55. The number of hydrogen-bond donors (Lipinski definition) is 0. The van der Waals surface area contributed by atoms with Gasteiger partial charge in [-0.2, -0.15) is 0 Å². The SMILES string of the molecule is CCn1cncc1Cn1c(CN2C[C@@H]3[C@H](C2)[C@@H]3c2nc(OCc3ccc(Cl)cc3F)ccc2F)nc2c(OC)cc(C(=O)OC)cc21. The van der Waals surface area contributed by atoms with Crippen LogP contribution in [0.5, 0.6) is 11.6 Å². The molecule has 4 heterocycles. The predicted molar refractivity (Wildman–Crippen MR) is 170 cm³/mol. The Kier molecular flexibility index (Phi) is 8.31. The van der Waals surface area contributed by atoms with Crippen molar-refractivity contribution in [3.05, 3.63) is 100.0 Å². The number of aryl methyl sites for hydroxylation is 1. The molecule has 2 aromatic carbocycles. The molecule has 1 saturated carbocycles. The van der Waals surface area contributed by atoms with Gasteiger partial charge in [0.15, 0.2) is 0 Å². The monoisotopic (exact) mass is 662 g/mol. The fraction of sp³-hybridized carbons (Fsp3) is 0.353. The molecule has 3 atom stereocenters. The van der Waals surface area contributed by atoms with Crippen LogP contribution in [0.1, 0.15) is 46.0 Å². The highest BCUT2D eigenvalue weighted by molar-refractivity contribution is 6.30. The summed E-state index contributed by atoms with van der Waals surface area (Å²) in [5.41, 5.74) is 3.51. The molecule has 2 fully saturated rings. The Bertz CT molecular complexity index is 1970. The normalized spacial score (nSPS) is 18.8. The molecular weight excluding hydrogens is 630 g/mol. The molecule has 2 aliphatic rings. The average molecular weight is 663 g/mol. The summed E-state index contributed by atoms with van der Waals surface area (Å²) >= 11 is 5.85. The molecule has 1 aliphatic heterocycles. The molecule has 10 nitrogen and oxygen atoms in total. The van der Waals surface area contributed by atoms with E-state index in [9.17, 15) is 9.18 Å². The second kappa shape index (κ2) is 12.6. The van der Waals surface area contributed by atoms with Crippen LogP contribution in [-0.4, -0.2) is 62.3 Å². The van der Waals surface area contributed by atoms with Crippen LogP contribution in [0.4, 0.5) is 8.78 Å². The number of methoxy groups -OCH3 is 2. The van der Waals surface area contributed by atoms with Crippen LogP contribution < -0.4 is 9.47 Å². The fourth-order valence-electron chi connectivity index (χ4n) is 6.75. The van der Waals surface area contributed by atoms with Crippen molar-refractivity contribution in [2.24, 2.45) is 11.8 Å². The molecule has 1 saturated heterocycles. The summed E-state index contributed by atoms with van der Waals surface area (Å²) in [6.07, 6.45) is 3.63. The number of fused-ring (bicyclic) bond motifs is 2. The summed E-state index contributed by atoms with van der Waals surface area (Å²) < 4.78 is 49.8. The molecule has 5 aromatic rings. The van der Waals surface area contributed by atoms with E-state index in [1.165, 1.54) is 25.3 Å². The van der Waals surface area contributed by atoms with Gasteiger partial charge in [0.2, 0.25) is 5.88 Å². The number of nitrogens with zero attached hydrogens (tertiary/aromatic N) is 6. The second-order valence-electron chi connectivity index (χ2n) is 11.9. The Balaban J connectivity index is 1.10. The molecule has 0 amide bonds. The molecule has 0 spiro atoms. The number of likely N-dealkylation sites (tertiary alicyclic amines) is 1. The summed E-state index contributed by atoms with van der Waals surface area (Å²) in [6, 6.07) is 10.6. The summed E-state index contributed by atoms with van der Waals surface area (Å²) in [5, 5.41) is 0.302. The number of rotatable bonds is 11. The highest BCUT2D eigenvalue weighted by Gasteiger charge is 2.57.